The van der Waals surface area contributed by atoms with Crippen LogP contribution in [0.15, 0.2) is 47.4 Å². The van der Waals surface area contributed by atoms with Crippen LogP contribution < -0.4 is 5.32 Å². The number of carbonyl (C=O) groups excluding carboxylic acids is 1. The quantitative estimate of drug-likeness (QED) is 0.860. The Morgan fingerprint density at radius 2 is 1.63 bits per heavy atom. The van der Waals surface area contributed by atoms with Gasteiger partial charge in [-0.3, -0.25) is 4.79 Å². The zero-order valence-electron chi connectivity index (χ0n) is 15.2. The fraction of sp³-hybridized carbons (Fsp3) is 0.350. The summed E-state index contributed by atoms with van der Waals surface area (Å²) in [6.45, 7) is 2.83. The van der Waals surface area contributed by atoms with E-state index in [1.165, 1.54) is 40.7 Å². The van der Waals surface area contributed by atoms with Crippen LogP contribution in [-0.4, -0.2) is 31.7 Å². The highest BCUT2D eigenvalue weighted by Crippen LogP contribution is 2.22. The number of halogens is 1. The number of benzene rings is 2. The second-order valence-electron chi connectivity index (χ2n) is 6.76. The Kier molecular flexibility index (Phi) is 5.92. The van der Waals surface area contributed by atoms with E-state index in [4.69, 9.17) is 0 Å². The molecule has 0 radical (unpaired) electrons. The first-order chi connectivity index (χ1) is 12.9. The van der Waals surface area contributed by atoms with Crippen molar-refractivity contribution in [3.63, 3.8) is 0 Å². The van der Waals surface area contributed by atoms with Crippen LogP contribution in [-0.2, 0) is 10.0 Å². The zero-order valence-corrected chi connectivity index (χ0v) is 16.1. The molecule has 3 rings (SSSR count). The van der Waals surface area contributed by atoms with Gasteiger partial charge in [-0.1, -0.05) is 18.9 Å². The van der Waals surface area contributed by atoms with Gasteiger partial charge in [0.1, 0.15) is 5.82 Å². The Hall–Kier alpha value is -2.25. The van der Waals surface area contributed by atoms with Crippen LogP contribution in [0.4, 0.5) is 10.1 Å². The van der Waals surface area contributed by atoms with Crippen molar-refractivity contribution in [3.05, 3.63) is 59.4 Å². The summed E-state index contributed by atoms with van der Waals surface area (Å²) in [6, 6.07) is 10.0. The maximum Gasteiger partial charge on any atom is 0.255 e. The highest BCUT2D eigenvalue weighted by atomic mass is 32.2. The van der Waals surface area contributed by atoms with Gasteiger partial charge in [0.15, 0.2) is 0 Å². The van der Waals surface area contributed by atoms with Gasteiger partial charge in [0.25, 0.3) is 5.91 Å². The number of anilines is 1. The lowest BCUT2D eigenvalue weighted by atomic mass is 10.1. The van der Waals surface area contributed by atoms with Crippen molar-refractivity contribution >= 4 is 21.6 Å². The topological polar surface area (TPSA) is 66.5 Å². The summed E-state index contributed by atoms with van der Waals surface area (Å²) >= 11 is 0. The molecular formula is C20H23FN2O3S. The number of nitrogens with zero attached hydrogens (tertiary/aromatic N) is 1. The van der Waals surface area contributed by atoms with Gasteiger partial charge in [0.2, 0.25) is 10.0 Å². The summed E-state index contributed by atoms with van der Waals surface area (Å²) in [7, 11) is -3.55. The van der Waals surface area contributed by atoms with Crippen molar-refractivity contribution in [1.82, 2.24) is 4.31 Å². The van der Waals surface area contributed by atoms with Gasteiger partial charge in [-0.2, -0.15) is 4.31 Å². The molecule has 0 aliphatic carbocycles. The average molecular weight is 390 g/mol. The van der Waals surface area contributed by atoms with E-state index in [9.17, 15) is 17.6 Å². The largest absolute Gasteiger partial charge is 0.322 e. The van der Waals surface area contributed by atoms with E-state index < -0.39 is 21.7 Å². The van der Waals surface area contributed by atoms with Crippen molar-refractivity contribution in [2.45, 2.75) is 37.5 Å². The molecule has 0 bridgehead atoms. The van der Waals surface area contributed by atoms with Gasteiger partial charge in [-0.05, 0) is 61.7 Å². The number of hydrogen-bond acceptors (Lipinski definition) is 3. The number of aryl methyl sites for hydroxylation is 1. The minimum atomic E-state index is -3.55. The number of amides is 1. The lowest BCUT2D eigenvalue weighted by molar-refractivity contribution is 0.102. The number of nitrogens with one attached hydrogen (secondary N) is 1. The zero-order chi connectivity index (χ0) is 19.4. The smallest absolute Gasteiger partial charge is 0.255 e. The number of hydrogen-bond donors (Lipinski definition) is 1. The van der Waals surface area contributed by atoms with E-state index in [0.29, 0.717) is 24.3 Å². The molecule has 1 saturated heterocycles. The van der Waals surface area contributed by atoms with Crippen LogP contribution in [0, 0.1) is 12.7 Å². The molecule has 2 aromatic rings. The highest BCUT2D eigenvalue weighted by Gasteiger charge is 2.25. The summed E-state index contributed by atoms with van der Waals surface area (Å²) in [5.41, 5.74) is 1.44. The monoisotopic (exact) mass is 390 g/mol. The predicted octanol–water partition coefficient (Wildman–Crippen LogP) is 3.95. The van der Waals surface area contributed by atoms with E-state index in [-0.39, 0.29) is 4.90 Å². The van der Waals surface area contributed by atoms with E-state index >= 15 is 0 Å². The summed E-state index contributed by atoms with van der Waals surface area (Å²) in [4.78, 5) is 12.6. The van der Waals surface area contributed by atoms with Crippen LogP contribution in [0.5, 0.6) is 0 Å². The Morgan fingerprint density at radius 1 is 1.00 bits per heavy atom. The molecule has 144 valence electrons. The molecule has 0 unspecified atom stereocenters. The van der Waals surface area contributed by atoms with E-state index in [1.54, 1.807) is 13.0 Å². The number of carbonyl (C=O) groups is 1. The van der Waals surface area contributed by atoms with Crippen LogP contribution in [0.3, 0.4) is 0 Å². The van der Waals surface area contributed by atoms with Crippen molar-refractivity contribution < 1.29 is 17.6 Å². The van der Waals surface area contributed by atoms with Crippen LogP contribution >= 0.6 is 0 Å². The first kappa shape index (κ1) is 19.5. The molecule has 1 fully saturated rings. The van der Waals surface area contributed by atoms with Crippen molar-refractivity contribution in [2.24, 2.45) is 0 Å². The maximum absolute atomic E-state index is 13.4. The van der Waals surface area contributed by atoms with Crippen LogP contribution in [0.25, 0.3) is 0 Å². The molecule has 0 spiro atoms. The minimum Gasteiger partial charge on any atom is -0.322 e. The third-order valence-electron chi connectivity index (χ3n) is 4.77. The lowest BCUT2D eigenvalue weighted by Crippen LogP contribution is -2.31. The normalized spacial score (nSPS) is 15.9. The molecule has 0 atom stereocenters. The van der Waals surface area contributed by atoms with Crippen LogP contribution in [0.2, 0.25) is 0 Å². The summed E-state index contributed by atoms with van der Waals surface area (Å²) in [6.07, 6.45) is 3.83. The highest BCUT2D eigenvalue weighted by molar-refractivity contribution is 7.89. The fourth-order valence-corrected chi connectivity index (χ4v) is 4.65. The molecule has 0 aromatic heterocycles. The molecule has 1 heterocycles. The molecule has 5 nitrogen and oxygen atoms in total. The van der Waals surface area contributed by atoms with Gasteiger partial charge in [0, 0.05) is 24.3 Å². The fourth-order valence-electron chi connectivity index (χ4n) is 3.13. The third kappa shape index (κ3) is 4.54. The molecule has 1 N–H and O–H groups in total. The van der Waals surface area contributed by atoms with Crippen molar-refractivity contribution in [1.29, 1.82) is 0 Å². The van der Waals surface area contributed by atoms with E-state index in [1.807, 2.05) is 0 Å². The van der Waals surface area contributed by atoms with E-state index in [2.05, 4.69) is 5.32 Å². The molecule has 2 aromatic carbocycles. The Balaban J connectivity index is 1.76. The lowest BCUT2D eigenvalue weighted by Gasteiger charge is -2.20. The van der Waals surface area contributed by atoms with Gasteiger partial charge < -0.3 is 5.32 Å². The Morgan fingerprint density at radius 3 is 2.26 bits per heavy atom. The molecule has 1 aliphatic heterocycles. The average Bonchev–Trinajstić information content (AvgIpc) is 2.95. The van der Waals surface area contributed by atoms with Gasteiger partial charge in [0.05, 0.1) is 4.90 Å². The van der Waals surface area contributed by atoms with E-state index in [0.717, 1.165) is 31.2 Å². The second-order valence-corrected chi connectivity index (χ2v) is 8.69. The van der Waals surface area contributed by atoms with Crippen molar-refractivity contribution in [3.8, 4) is 0 Å². The SMILES string of the molecule is Cc1ccc(F)cc1NC(=O)c1ccc(S(=O)(=O)N2CCCCCC2)cc1. The Bertz CT molecular complexity index is 919. The molecule has 1 aliphatic rings. The predicted molar refractivity (Wildman–Crippen MR) is 103 cm³/mol. The number of sulfonamides is 1. The number of rotatable bonds is 4. The van der Waals surface area contributed by atoms with Crippen LogP contribution in [0.1, 0.15) is 41.6 Å². The maximum atomic E-state index is 13.4. The molecule has 7 heteroatoms. The van der Waals surface area contributed by atoms with Gasteiger partial charge in [-0.25, -0.2) is 12.8 Å². The molecule has 1 amide bonds. The first-order valence-corrected chi connectivity index (χ1v) is 10.5. The summed E-state index contributed by atoms with van der Waals surface area (Å²) in [5, 5.41) is 2.66. The minimum absolute atomic E-state index is 0.183. The molecule has 27 heavy (non-hydrogen) atoms. The standard InChI is InChI=1S/C20H23FN2O3S/c1-15-6-9-17(21)14-19(15)22-20(24)16-7-10-18(11-8-16)27(25,26)23-12-4-2-3-5-13-23/h6-11,14H,2-5,12-13H2,1H3,(H,22,24). The molecule has 0 saturated carbocycles. The first-order valence-electron chi connectivity index (χ1n) is 9.05. The van der Waals surface area contributed by atoms with Gasteiger partial charge in [-0.15, -0.1) is 0 Å². The second kappa shape index (κ2) is 8.19. The third-order valence-corrected chi connectivity index (χ3v) is 6.68. The Labute approximate surface area is 159 Å². The summed E-state index contributed by atoms with van der Waals surface area (Å²) < 4.78 is 40.4. The molecular weight excluding hydrogens is 367 g/mol. The van der Waals surface area contributed by atoms with Crippen molar-refractivity contribution in [2.75, 3.05) is 18.4 Å². The summed E-state index contributed by atoms with van der Waals surface area (Å²) in [5.74, 6) is -0.850. The van der Waals surface area contributed by atoms with Gasteiger partial charge >= 0.3 is 0 Å².